The lowest BCUT2D eigenvalue weighted by atomic mass is 10.1. The molecule has 26 heavy (non-hydrogen) atoms. The molecule has 2 aromatic heterocycles. The highest BCUT2D eigenvalue weighted by molar-refractivity contribution is 5.97. The number of pyridine rings is 2. The summed E-state index contributed by atoms with van der Waals surface area (Å²) in [7, 11) is 0. The largest absolute Gasteiger partial charge is 0.341 e. The monoisotopic (exact) mass is 341 g/mol. The fourth-order valence-electron chi connectivity index (χ4n) is 2.98. The number of hydrogen-bond acceptors (Lipinski definition) is 4. The Morgan fingerprint density at radius 2 is 1.62 bits per heavy atom. The van der Waals surface area contributed by atoms with Crippen molar-refractivity contribution < 1.29 is 4.79 Å². The lowest BCUT2D eigenvalue weighted by Gasteiger charge is -2.19. The normalized spacial score (nSPS) is 10.6. The molecule has 0 saturated carbocycles. The second-order valence-corrected chi connectivity index (χ2v) is 5.80. The first-order valence-electron chi connectivity index (χ1n) is 8.14. The summed E-state index contributed by atoms with van der Waals surface area (Å²) in [5, 5.41) is 3.68. The Labute approximate surface area is 149 Å². The molecule has 0 fully saturated rings. The summed E-state index contributed by atoms with van der Waals surface area (Å²) in [5.74, 6) is 0.578. The smallest absolute Gasteiger partial charge is 0.193 e. The van der Waals surface area contributed by atoms with E-state index >= 15 is 0 Å². The molecule has 4 rings (SSSR count). The molecule has 0 atom stereocenters. The lowest BCUT2D eigenvalue weighted by molar-refractivity contribution is 0.112. The summed E-state index contributed by atoms with van der Waals surface area (Å²) in [5.41, 5.74) is 2.39. The maximum Gasteiger partial charge on any atom is 0.193 e. The van der Waals surface area contributed by atoms with Gasteiger partial charge in [-0.25, -0.2) is 0 Å². The zero-order chi connectivity index (χ0) is 17.9. The molecule has 2 aromatic carbocycles. The van der Waals surface area contributed by atoms with Gasteiger partial charge in [-0.3, -0.25) is 19.1 Å². The van der Waals surface area contributed by atoms with Crippen LogP contribution in [0.4, 0.5) is 11.5 Å². The summed E-state index contributed by atoms with van der Waals surface area (Å²) >= 11 is 0. The second kappa shape index (κ2) is 6.64. The van der Waals surface area contributed by atoms with Crippen molar-refractivity contribution in [3.8, 4) is 5.69 Å². The fourth-order valence-corrected chi connectivity index (χ4v) is 2.98. The molecule has 5 heteroatoms. The van der Waals surface area contributed by atoms with Gasteiger partial charge in [0, 0.05) is 29.8 Å². The Morgan fingerprint density at radius 1 is 0.923 bits per heavy atom. The first-order valence-corrected chi connectivity index (χ1v) is 8.14. The Kier molecular flexibility index (Phi) is 4.03. The first-order chi connectivity index (χ1) is 12.8. The molecule has 4 aromatic rings. The van der Waals surface area contributed by atoms with E-state index < -0.39 is 0 Å². The van der Waals surface area contributed by atoms with E-state index in [4.69, 9.17) is 0 Å². The molecule has 0 unspecified atom stereocenters. The van der Waals surface area contributed by atoms with Crippen LogP contribution in [-0.4, -0.2) is 15.8 Å². The first kappa shape index (κ1) is 15.8. The zero-order valence-electron chi connectivity index (χ0n) is 13.8. The third-order valence-electron chi connectivity index (χ3n) is 4.13. The molecule has 0 aliphatic rings. The van der Waals surface area contributed by atoms with Crippen molar-refractivity contribution in [1.29, 1.82) is 0 Å². The maximum atomic E-state index is 12.6. The number of para-hydroxylation sites is 2. The fraction of sp³-hybridized carbons (Fsp3) is 0. The number of anilines is 2. The van der Waals surface area contributed by atoms with Crippen molar-refractivity contribution >= 4 is 28.7 Å². The van der Waals surface area contributed by atoms with Gasteiger partial charge in [0.1, 0.15) is 5.82 Å². The van der Waals surface area contributed by atoms with Crippen LogP contribution in [0.25, 0.3) is 16.6 Å². The number of benzene rings is 2. The van der Waals surface area contributed by atoms with Crippen LogP contribution in [0.15, 0.2) is 83.9 Å². The predicted octanol–water partition coefficient (Wildman–Crippen LogP) is 3.94. The number of hydrogen-bond donors (Lipinski definition) is 1. The number of fused-ring (bicyclic) bond motifs is 1. The summed E-state index contributed by atoms with van der Waals surface area (Å²) in [6.07, 6.45) is 3.69. The Morgan fingerprint density at radius 3 is 2.31 bits per heavy atom. The number of aromatic nitrogens is 2. The topological polar surface area (TPSA) is 64.0 Å². The number of nitrogens with one attached hydrogen (secondary N) is 1. The van der Waals surface area contributed by atoms with E-state index in [-0.39, 0.29) is 5.43 Å². The highest BCUT2D eigenvalue weighted by Gasteiger charge is 2.14. The standard InChI is InChI=1S/C21H15N3O2/c25-14-15-12-22-13-18-19(26)11-20(23-16-7-3-1-4-8-16)24(21(15)18)17-9-5-2-6-10-17/h1-14,23H. The van der Waals surface area contributed by atoms with Crippen LogP contribution in [0, 0.1) is 0 Å². The van der Waals surface area contributed by atoms with Gasteiger partial charge in [0.15, 0.2) is 11.7 Å². The van der Waals surface area contributed by atoms with Gasteiger partial charge in [0.2, 0.25) is 0 Å². The van der Waals surface area contributed by atoms with Crippen molar-refractivity contribution in [3.63, 3.8) is 0 Å². The molecule has 0 radical (unpaired) electrons. The van der Waals surface area contributed by atoms with Gasteiger partial charge < -0.3 is 5.32 Å². The van der Waals surface area contributed by atoms with Gasteiger partial charge in [0.05, 0.1) is 16.5 Å². The number of nitrogens with zero attached hydrogens (tertiary/aromatic N) is 2. The molecule has 5 nitrogen and oxygen atoms in total. The SMILES string of the molecule is O=Cc1cncc2c(=O)cc(Nc3ccccc3)n(-c3ccccc3)c12. The maximum absolute atomic E-state index is 12.6. The third kappa shape index (κ3) is 2.75. The molecule has 0 spiro atoms. The molecule has 0 bridgehead atoms. The minimum Gasteiger partial charge on any atom is -0.341 e. The predicted molar refractivity (Wildman–Crippen MR) is 102 cm³/mol. The number of aldehydes is 1. The van der Waals surface area contributed by atoms with Crippen molar-refractivity contribution in [3.05, 3.63) is 94.9 Å². The van der Waals surface area contributed by atoms with E-state index in [1.807, 2.05) is 65.2 Å². The van der Waals surface area contributed by atoms with Gasteiger partial charge in [-0.2, -0.15) is 0 Å². The molecule has 2 heterocycles. The Hall–Kier alpha value is -3.73. The number of rotatable bonds is 4. The highest BCUT2D eigenvalue weighted by atomic mass is 16.1. The highest BCUT2D eigenvalue weighted by Crippen LogP contribution is 2.26. The molecule has 0 aliphatic heterocycles. The zero-order valence-corrected chi connectivity index (χ0v) is 13.8. The van der Waals surface area contributed by atoms with Crippen LogP contribution < -0.4 is 10.7 Å². The average molecular weight is 341 g/mol. The van der Waals surface area contributed by atoms with Gasteiger partial charge in [-0.1, -0.05) is 36.4 Å². The van der Waals surface area contributed by atoms with E-state index in [9.17, 15) is 9.59 Å². The van der Waals surface area contributed by atoms with Crippen molar-refractivity contribution in [1.82, 2.24) is 9.55 Å². The average Bonchev–Trinajstić information content (AvgIpc) is 2.69. The minimum atomic E-state index is -0.193. The van der Waals surface area contributed by atoms with Crippen LogP contribution in [-0.2, 0) is 0 Å². The van der Waals surface area contributed by atoms with E-state index in [0.29, 0.717) is 22.3 Å². The van der Waals surface area contributed by atoms with Crippen LogP contribution in [0.3, 0.4) is 0 Å². The van der Waals surface area contributed by atoms with Crippen molar-refractivity contribution in [2.24, 2.45) is 0 Å². The minimum absolute atomic E-state index is 0.193. The van der Waals surface area contributed by atoms with Gasteiger partial charge in [-0.15, -0.1) is 0 Å². The van der Waals surface area contributed by atoms with Crippen molar-refractivity contribution in [2.75, 3.05) is 5.32 Å². The van der Waals surface area contributed by atoms with Crippen molar-refractivity contribution in [2.45, 2.75) is 0 Å². The summed E-state index contributed by atoms with van der Waals surface area (Å²) in [4.78, 5) is 28.3. The molecule has 126 valence electrons. The van der Waals surface area contributed by atoms with E-state index in [1.54, 1.807) is 0 Å². The van der Waals surface area contributed by atoms with Gasteiger partial charge >= 0.3 is 0 Å². The number of carbonyl (C=O) groups excluding carboxylic acids is 1. The number of carbonyl (C=O) groups is 1. The molecule has 0 aliphatic carbocycles. The summed E-state index contributed by atoms with van der Waals surface area (Å²) in [6.45, 7) is 0. The van der Waals surface area contributed by atoms with Gasteiger partial charge in [0.25, 0.3) is 0 Å². The van der Waals surface area contributed by atoms with E-state index in [1.165, 1.54) is 18.5 Å². The van der Waals surface area contributed by atoms with Gasteiger partial charge in [-0.05, 0) is 24.3 Å². The summed E-state index contributed by atoms with van der Waals surface area (Å²) in [6, 6.07) is 20.7. The van der Waals surface area contributed by atoms with Crippen LogP contribution in [0.1, 0.15) is 10.4 Å². The van der Waals surface area contributed by atoms with Crippen LogP contribution in [0.2, 0.25) is 0 Å². The van der Waals surface area contributed by atoms with Crippen LogP contribution >= 0.6 is 0 Å². The second-order valence-electron chi connectivity index (χ2n) is 5.80. The Balaban J connectivity index is 2.08. The molecule has 1 N–H and O–H groups in total. The quantitative estimate of drug-likeness (QED) is 0.571. The summed E-state index contributed by atoms with van der Waals surface area (Å²) < 4.78 is 1.87. The van der Waals surface area contributed by atoms with Crippen LogP contribution in [0.5, 0.6) is 0 Å². The third-order valence-corrected chi connectivity index (χ3v) is 4.13. The molecule has 0 amide bonds. The lowest BCUT2D eigenvalue weighted by Crippen LogP contribution is -2.14. The van der Waals surface area contributed by atoms with E-state index in [2.05, 4.69) is 10.3 Å². The van der Waals surface area contributed by atoms with E-state index in [0.717, 1.165) is 17.7 Å². The molecular formula is C21H15N3O2. The molecular weight excluding hydrogens is 326 g/mol. The molecule has 0 saturated heterocycles. The Bertz CT molecular complexity index is 1140.